The fourth-order valence-electron chi connectivity index (χ4n) is 6.31. The summed E-state index contributed by atoms with van der Waals surface area (Å²) in [6.07, 6.45) is 1.79. The molecular weight excluding hydrogens is 534 g/mol. The van der Waals surface area contributed by atoms with Crippen molar-refractivity contribution in [2.24, 2.45) is 0 Å². The van der Waals surface area contributed by atoms with Crippen LogP contribution in [0.15, 0.2) is 66.7 Å². The standard InChI is InChI=1S/C34H39N3O3.ClH/c1-22(2)23-5-7-24(8-6-23)25-9-11-26(12-10-25)32(38)36-16-15-27-17-31(14-13-28(27)20-36)40-34(3,4)33(39)37-21-29-18-30(37)19-35-29;/h5-14,17,22,29-30,35H,15-16,18-21H2,1-4H3;1H/t29-,30-;/m0./s1. The molecule has 1 N–H and O–H groups in total. The SMILES string of the molecule is CC(C)c1ccc(-c2ccc(C(=O)N3CCc4cc(OC(C)(C)C(=O)N5C[C@@H]6C[C@H]5CN6)ccc4C3)cc2)cc1.Cl. The summed E-state index contributed by atoms with van der Waals surface area (Å²) < 4.78 is 6.27. The van der Waals surface area contributed by atoms with Crippen molar-refractivity contribution < 1.29 is 14.3 Å². The highest BCUT2D eigenvalue weighted by Gasteiger charge is 2.45. The van der Waals surface area contributed by atoms with Gasteiger partial charge in [-0.15, -0.1) is 12.4 Å². The molecule has 0 aromatic heterocycles. The Morgan fingerprint density at radius 2 is 1.63 bits per heavy atom. The first kappa shape index (κ1) is 29.2. The van der Waals surface area contributed by atoms with Gasteiger partial charge in [-0.1, -0.05) is 56.3 Å². The predicted octanol–water partition coefficient (Wildman–Crippen LogP) is 5.83. The zero-order chi connectivity index (χ0) is 28.0. The maximum atomic E-state index is 13.3. The van der Waals surface area contributed by atoms with Crippen molar-refractivity contribution in [2.75, 3.05) is 19.6 Å². The van der Waals surface area contributed by atoms with E-state index in [4.69, 9.17) is 4.74 Å². The molecule has 3 aliphatic rings. The van der Waals surface area contributed by atoms with Gasteiger partial charge in [-0.05, 0) is 84.7 Å². The van der Waals surface area contributed by atoms with E-state index in [1.807, 2.05) is 66.1 Å². The summed E-state index contributed by atoms with van der Waals surface area (Å²) in [6.45, 7) is 11.0. The maximum Gasteiger partial charge on any atom is 0.266 e. The van der Waals surface area contributed by atoms with Gasteiger partial charge in [0, 0.05) is 43.8 Å². The summed E-state index contributed by atoms with van der Waals surface area (Å²) in [5.74, 6) is 1.31. The van der Waals surface area contributed by atoms with Crippen molar-refractivity contribution in [2.45, 2.75) is 70.7 Å². The molecule has 2 saturated heterocycles. The molecule has 0 saturated carbocycles. The number of amides is 2. The number of carbonyl (C=O) groups is 2. The van der Waals surface area contributed by atoms with Gasteiger partial charge in [0.2, 0.25) is 0 Å². The van der Waals surface area contributed by atoms with Crippen LogP contribution in [-0.2, 0) is 17.8 Å². The van der Waals surface area contributed by atoms with Crippen LogP contribution in [0, 0.1) is 0 Å². The average molecular weight is 574 g/mol. The normalized spacial score (nSPS) is 19.6. The number of hydrogen-bond donors (Lipinski definition) is 1. The van der Waals surface area contributed by atoms with Crippen LogP contribution in [0.4, 0.5) is 0 Å². The van der Waals surface area contributed by atoms with Gasteiger partial charge in [-0.25, -0.2) is 0 Å². The Labute approximate surface area is 249 Å². The molecule has 6 rings (SSSR count). The summed E-state index contributed by atoms with van der Waals surface area (Å²) in [5.41, 5.74) is 5.66. The zero-order valence-electron chi connectivity index (χ0n) is 24.4. The van der Waals surface area contributed by atoms with Gasteiger partial charge in [0.25, 0.3) is 11.8 Å². The number of likely N-dealkylation sites (tertiary alicyclic amines) is 1. The highest BCUT2D eigenvalue weighted by Crippen LogP contribution is 2.31. The number of hydrogen-bond acceptors (Lipinski definition) is 4. The molecule has 41 heavy (non-hydrogen) atoms. The summed E-state index contributed by atoms with van der Waals surface area (Å²) >= 11 is 0. The van der Waals surface area contributed by atoms with Gasteiger partial charge in [0.05, 0.1) is 0 Å². The fourth-order valence-corrected chi connectivity index (χ4v) is 6.31. The predicted molar refractivity (Wildman–Crippen MR) is 165 cm³/mol. The van der Waals surface area contributed by atoms with Crippen molar-refractivity contribution >= 4 is 24.2 Å². The Balaban J connectivity index is 0.00000337. The molecule has 216 valence electrons. The molecule has 2 bridgehead atoms. The van der Waals surface area contributed by atoms with Crippen molar-refractivity contribution in [1.29, 1.82) is 0 Å². The molecular formula is C34H40ClN3O3. The second-order valence-electron chi connectivity index (χ2n) is 12.3. The molecule has 2 atom stereocenters. The van der Waals surface area contributed by atoms with E-state index in [0.29, 0.717) is 36.4 Å². The van der Waals surface area contributed by atoms with Crippen molar-refractivity contribution in [3.8, 4) is 16.9 Å². The third kappa shape index (κ3) is 5.86. The summed E-state index contributed by atoms with van der Waals surface area (Å²) in [5, 5.41) is 3.45. The highest BCUT2D eigenvalue weighted by molar-refractivity contribution is 5.95. The van der Waals surface area contributed by atoms with Crippen LogP contribution < -0.4 is 10.1 Å². The van der Waals surface area contributed by atoms with Crippen LogP contribution in [0.1, 0.15) is 67.1 Å². The van der Waals surface area contributed by atoms with Gasteiger partial charge in [0.15, 0.2) is 5.60 Å². The minimum Gasteiger partial charge on any atom is -0.478 e. The van der Waals surface area contributed by atoms with Crippen molar-refractivity contribution in [3.63, 3.8) is 0 Å². The van der Waals surface area contributed by atoms with Crippen LogP contribution in [-0.4, -0.2) is 58.9 Å². The van der Waals surface area contributed by atoms with Crippen molar-refractivity contribution in [3.05, 3.63) is 89.0 Å². The van der Waals surface area contributed by atoms with E-state index in [1.54, 1.807) is 0 Å². The number of fused-ring (bicyclic) bond motifs is 3. The van der Waals surface area contributed by atoms with Crippen LogP contribution in [0.2, 0.25) is 0 Å². The largest absolute Gasteiger partial charge is 0.478 e. The van der Waals surface area contributed by atoms with E-state index in [-0.39, 0.29) is 30.3 Å². The number of ether oxygens (including phenoxy) is 1. The minimum absolute atomic E-state index is 0. The average Bonchev–Trinajstić information content (AvgIpc) is 3.60. The van der Waals surface area contributed by atoms with Gasteiger partial charge in [-0.3, -0.25) is 9.59 Å². The number of nitrogens with zero attached hydrogens (tertiary/aromatic N) is 2. The first-order chi connectivity index (χ1) is 19.2. The Morgan fingerprint density at radius 3 is 2.24 bits per heavy atom. The molecule has 3 aromatic carbocycles. The zero-order valence-corrected chi connectivity index (χ0v) is 25.2. The lowest BCUT2D eigenvalue weighted by Crippen LogP contribution is -2.55. The van der Waals surface area contributed by atoms with Gasteiger partial charge >= 0.3 is 0 Å². The lowest BCUT2D eigenvalue weighted by Gasteiger charge is -2.35. The number of halogens is 1. The van der Waals surface area contributed by atoms with E-state index in [1.165, 1.54) is 11.1 Å². The monoisotopic (exact) mass is 573 g/mol. The van der Waals surface area contributed by atoms with Gasteiger partial charge in [0.1, 0.15) is 5.75 Å². The Kier molecular flexibility index (Phi) is 8.18. The third-order valence-corrected chi connectivity index (χ3v) is 8.73. The van der Waals surface area contributed by atoms with E-state index in [2.05, 4.69) is 43.4 Å². The van der Waals surface area contributed by atoms with Crippen LogP contribution in [0.25, 0.3) is 11.1 Å². The maximum absolute atomic E-state index is 13.3. The molecule has 0 spiro atoms. The van der Waals surface area contributed by atoms with E-state index in [9.17, 15) is 9.59 Å². The molecule has 0 radical (unpaired) electrons. The Bertz CT molecular complexity index is 1420. The number of benzene rings is 3. The topological polar surface area (TPSA) is 61.9 Å². The first-order valence-electron chi connectivity index (χ1n) is 14.5. The second-order valence-corrected chi connectivity index (χ2v) is 12.3. The molecule has 2 amide bonds. The molecule has 0 aliphatic carbocycles. The van der Waals surface area contributed by atoms with E-state index >= 15 is 0 Å². The number of carbonyl (C=O) groups excluding carboxylic acids is 2. The smallest absolute Gasteiger partial charge is 0.266 e. The highest BCUT2D eigenvalue weighted by atomic mass is 35.5. The molecule has 3 aliphatic heterocycles. The number of nitrogens with one attached hydrogen (secondary N) is 1. The Hall–Kier alpha value is -3.35. The second kappa shape index (κ2) is 11.5. The first-order valence-corrected chi connectivity index (χ1v) is 14.5. The molecule has 7 heteroatoms. The summed E-state index contributed by atoms with van der Waals surface area (Å²) in [7, 11) is 0. The molecule has 3 heterocycles. The van der Waals surface area contributed by atoms with Crippen LogP contribution in [0.5, 0.6) is 5.75 Å². The number of piperazine rings is 1. The molecule has 3 aromatic rings. The molecule has 0 unspecified atom stereocenters. The van der Waals surface area contributed by atoms with Gasteiger partial charge in [-0.2, -0.15) is 0 Å². The molecule has 6 nitrogen and oxygen atoms in total. The molecule has 2 fully saturated rings. The quantitative estimate of drug-likeness (QED) is 0.403. The fraction of sp³-hybridized carbons (Fsp3) is 0.412. The lowest BCUT2D eigenvalue weighted by molar-refractivity contribution is -0.146. The third-order valence-electron chi connectivity index (χ3n) is 8.73. The summed E-state index contributed by atoms with van der Waals surface area (Å²) in [4.78, 5) is 30.5. The van der Waals surface area contributed by atoms with E-state index < -0.39 is 5.60 Å². The van der Waals surface area contributed by atoms with Crippen LogP contribution >= 0.6 is 12.4 Å². The number of rotatable bonds is 6. The van der Waals surface area contributed by atoms with Crippen molar-refractivity contribution in [1.82, 2.24) is 15.1 Å². The minimum atomic E-state index is -0.933. The Morgan fingerprint density at radius 1 is 0.951 bits per heavy atom. The van der Waals surface area contributed by atoms with E-state index in [0.717, 1.165) is 42.6 Å². The van der Waals surface area contributed by atoms with Crippen LogP contribution in [0.3, 0.4) is 0 Å². The lowest BCUT2D eigenvalue weighted by atomic mass is 9.97. The summed E-state index contributed by atoms with van der Waals surface area (Å²) in [6, 6.07) is 23.3. The van der Waals surface area contributed by atoms with Gasteiger partial charge < -0.3 is 19.9 Å².